The summed E-state index contributed by atoms with van der Waals surface area (Å²) in [5.74, 6) is -0.0701. The number of carbonyl (C=O) groups is 3. The lowest BCUT2D eigenvalue weighted by Gasteiger charge is -2.33. The van der Waals surface area contributed by atoms with Gasteiger partial charge in [-0.15, -0.1) is 0 Å². The second kappa shape index (κ2) is 11.6. The fraction of sp³-hybridized carbons (Fsp3) is 0.483. The van der Waals surface area contributed by atoms with Crippen LogP contribution in [0, 0.1) is 11.8 Å². The molecule has 1 aliphatic heterocycles. The first-order chi connectivity index (χ1) is 17.3. The Balaban J connectivity index is 1.27. The number of rotatable bonds is 8. The van der Waals surface area contributed by atoms with Gasteiger partial charge in [0.2, 0.25) is 0 Å². The van der Waals surface area contributed by atoms with Crippen LogP contribution in [-0.2, 0) is 40.1 Å². The van der Waals surface area contributed by atoms with Gasteiger partial charge >= 0.3 is 12.1 Å². The Hall–Kier alpha value is -3.35. The van der Waals surface area contributed by atoms with E-state index in [1.165, 1.54) is 5.56 Å². The Morgan fingerprint density at radius 2 is 1.72 bits per heavy atom. The van der Waals surface area contributed by atoms with Crippen molar-refractivity contribution in [2.75, 3.05) is 13.7 Å². The number of carboxylic acids is 1. The summed E-state index contributed by atoms with van der Waals surface area (Å²) in [6, 6.07) is 13.7. The van der Waals surface area contributed by atoms with Crippen LogP contribution in [0.25, 0.3) is 0 Å². The van der Waals surface area contributed by atoms with Crippen molar-refractivity contribution in [1.82, 2.24) is 4.90 Å². The molecule has 1 N–H and O–H groups in total. The molecule has 0 aromatic heterocycles. The van der Waals surface area contributed by atoms with E-state index in [2.05, 4.69) is 6.07 Å². The van der Waals surface area contributed by atoms with Gasteiger partial charge in [-0.25, -0.2) is 4.79 Å². The maximum absolute atomic E-state index is 12.8. The van der Waals surface area contributed by atoms with Crippen molar-refractivity contribution in [3.8, 4) is 5.75 Å². The van der Waals surface area contributed by atoms with E-state index in [-0.39, 0.29) is 29.8 Å². The number of hydrogen-bond donors (Lipinski definition) is 1. The molecule has 0 bridgehead atoms. The third-order valence-electron chi connectivity index (χ3n) is 7.56. The van der Waals surface area contributed by atoms with Crippen molar-refractivity contribution in [3.63, 3.8) is 0 Å². The Labute approximate surface area is 212 Å². The molecule has 1 heterocycles. The van der Waals surface area contributed by atoms with Crippen molar-refractivity contribution in [3.05, 3.63) is 64.7 Å². The molecule has 2 aromatic rings. The molecular formula is C29H35NO6. The van der Waals surface area contributed by atoms with Crippen LogP contribution in [0.4, 0.5) is 4.79 Å². The first kappa shape index (κ1) is 25.7. The quantitative estimate of drug-likeness (QED) is 0.567. The number of fused-ring (bicyclic) bond motifs is 1. The molecule has 1 saturated carbocycles. The molecule has 0 radical (unpaired) electrons. The van der Waals surface area contributed by atoms with Gasteiger partial charge in [-0.05, 0) is 72.4 Å². The number of carbonyl (C=O) groups excluding carboxylic acids is 2. The zero-order valence-electron chi connectivity index (χ0n) is 21.1. The van der Waals surface area contributed by atoms with Gasteiger partial charge in [0.1, 0.15) is 17.6 Å². The fourth-order valence-electron chi connectivity index (χ4n) is 5.30. The number of Topliss-reactive ketones (excluding diaryl/α,β-unsaturated/α-hetero) is 1. The summed E-state index contributed by atoms with van der Waals surface area (Å²) in [5.41, 5.74) is 4.19. The number of amides is 1. The highest BCUT2D eigenvalue weighted by atomic mass is 16.6. The van der Waals surface area contributed by atoms with E-state index >= 15 is 0 Å². The number of nitrogens with zero attached hydrogens (tertiary/aromatic N) is 1. The van der Waals surface area contributed by atoms with Crippen LogP contribution < -0.4 is 4.74 Å². The summed E-state index contributed by atoms with van der Waals surface area (Å²) in [6.07, 6.45) is 4.00. The summed E-state index contributed by atoms with van der Waals surface area (Å²) in [4.78, 5) is 38.4. The minimum atomic E-state index is -0.758. The molecule has 2 aliphatic rings. The topological polar surface area (TPSA) is 93.1 Å². The average Bonchev–Trinajstić information content (AvgIpc) is 2.88. The smallest absolute Gasteiger partial charge is 0.410 e. The summed E-state index contributed by atoms with van der Waals surface area (Å²) >= 11 is 0. The van der Waals surface area contributed by atoms with E-state index in [0.717, 1.165) is 41.7 Å². The van der Waals surface area contributed by atoms with E-state index in [1.807, 2.05) is 36.4 Å². The van der Waals surface area contributed by atoms with Crippen LogP contribution in [0.3, 0.4) is 0 Å². The first-order valence-electron chi connectivity index (χ1n) is 12.8. The van der Waals surface area contributed by atoms with E-state index < -0.39 is 5.97 Å². The zero-order chi connectivity index (χ0) is 25.7. The number of hydrogen-bond acceptors (Lipinski definition) is 5. The van der Waals surface area contributed by atoms with Crippen LogP contribution >= 0.6 is 0 Å². The minimum Gasteiger partial charge on any atom is -0.497 e. The standard InChI is InChI=1S/C29H35NO6/c1-19(28(32)33)22-8-10-26(11-9-22)36-29(34)30-13-12-23-14-21(6-7-24(23)18-30)16-25(31)15-20-4-3-5-27(17-20)35-2/h3-7,14,17,19,22,26H,8-13,15-16,18H2,1-2H3,(H,32,33). The molecule has 36 heavy (non-hydrogen) atoms. The Morgan fingerprint density at radius 1 is 1.00 bits per heavy atom. The predicted octanol–water partition coefficient (Wildman–Crippen LogP) is 4.82. The number of carboxylic acid groups (broad SMARTS) is 1. The van der Waals surface area contributed by atoms with Crippen LogP contribution in [0.15, 0.2) is 42.5 Å². The van der Waals surface area contributed by atoms with Gasteiger partial charge < -0.3 is 19.5 Å². The van der Waals surface area contributed by atoms with E-state index in [1.54, 1.807) is 18.9 Å². The van der Waals surface area contributed by atoms with Gasteiger partial charge in [0.15, 0.2) is 0 Å². The Kier molecular flexibility index (Phi) is 8.28. The Bertz CT molecular complexity index is 1100. The predicted molar refractivity (Wildman–Crippen MR) is 135 cm³/mol. The number of benzene rings is 2. The normalized spacial score (nSPS) is 20.2. The first-order valence-corrected chi connectivity index (χ1v) is 12.8. The van der Waals surface area contributed by atoms with Crippen molar-refractivity contribution in [2.24, 2.45) is 11.8 Å². The van der Waals surface area contributed by atoms with Gasteiger partial charge in [0.05, 0.1) is 13.0 Å². The molecule has 1 atom stereocenters. The highest BCUT2D eigenvalue weighted by Crippen LogP contribution is 2.32. The van der Waals surface area contributed by atoms with Crippen LogP contribution in [0.5, 0.6) is 5.75 Å². The molecule has 1 aliphatic carbocycles. The molecule has 0 saturated heterocycles. The molecule has 1 fully saturated rings. The fourth-order valence-corrected chi connectivity index (χ4v) is 5.30. The van der Waals surface area contributed by atoms with Gasteiger partial charge in [0, 0.05) is 25.9 Å². The molecule has 1 amide bonds. The SMILES string of the molecule is COc1cccc(CC(=O)Cc2ccc3c(c2)CCN(C(=O)OC2CCC(C(C)C(=O)O)CC2)C3)c1. The molecule has 2 aromatic carbocycles. The van der Waals surface area contributed by atoms with Gasteiger partial charge in [0.25, 0.3) is 0 Å². The van der Waals surface area contributed by atoms with Crippen molar-refractivity contribution in [2.45, 2.75) is 64.5 Å². The van der Waals surface area contributed by atoms with E-state index in [4.69, 9.17) is 9.47 Å². The molecule has 1 unspecified atom stereocenters. The summed E-state index contributed by atoms with van der Waals surface area (Å²) in [6.45, 7) is 2.84. The second-order valence-corrected chi connectivity index (χ2v) is 10.1. The zero-order valence-corrected chi connectivity index (χ0v) is 21.1. The summed E-state index contributed by atoms with van der Waals surface area (Å²) < 4.78 is 11.0. The molecule has 7 heteroatoms. The summed E-state index contributed by atoms with van der Waals surface area (Å²) in [7, 11) is 1.62. The van der Waals surface area contributed by atoms with Crippen LogP contribution in [-0.4, -0.2) is 47.6 Å². The highest BCUT2D eigenvalue weighted by Gasteiger charge is 2.31. The molecule has 7 nitrogen and oxygen atoms in total. The molecule has 192 valence electrons. The third-order valence-corrected chi connectivity index (χ3v) is 7.56. The third kappa shape index (κ3) is 6.45. The van der Waals surface area contributed by atoms with E-state index in [9.17, 15) is 19.5 Å². The van der Waals surface area contributed by atoms with Crippen molar-refractivity contribution >= 4 is 17.8 Å². The van der Waals surface area contributed by atoms with Gasteiger partial charge in [-0.1, -0.05) is 37.3 Å². The van der Waals surface area contributed by atoms with Crippen molar-refractivity contribution < 1.29 is 29.0 Å². The average molecular weight is 494 g/mol. The lowest BCUT2D eigenvalue weighted by Crippen LogP contribution is -2.39. The number of ether oxygens (including phenoxy) is 2. The van der Waals surface area contributed by atoms with Crippen LogP contribution in [0.2, 0.25) is 0 Å². The maximum atomic E-state index is 12.8. The van der Waals surface area contributed by atoms with Gasteiger partial charge in [-0.3, -0.25) is 9.59 Å². The highest BCUT2D eigenvalue weighted by molar-refractivity contribution is 5.83. The number of ketones is 1. The number of methoxy groups -OCH3 is 1. The molecular weight excluding hydrogens is 458 g/mol. The lowest BCUT2D eigenvalue weighted by molar-refractivity contribution is -0.143. The maximum Gasteiger partial charge on any atom is 0.410 e. The minimum absolute atomic E-state index is 0.144. The van der Waals surface area contributed by atoms with Gasteiger partial charge in [-0.2, -0.15) is 0 Å². The molecule has 4 rings (SSSR count). The monoisotopic (exact) mass is 493 g/mol. The number of aliphatic carboxylic acids is 1. The largest absolute Gasteiger partial charge is 0.497 e. The Morgan fingerprint density at radius 3 is 2.42 bits per heavy atom. The van der Waals surface area contributed by atoms with Crippen LogP contribution in [0.1, 0.15) is 54.9 Å². The molecule has 0 spiro atoms. The second-order valence-electron chi connectivity index (χ2n) is 10.1. The summed E-state index contributed by atoms with van der Waals surface area (Å²) in [5, 5.41) is 9.22. The van der Waals surface area contributed by atoms with Crippen molar-refractivity contribution in [1.29, 1.82) is 0 Å². The van der Waals surface area contributed by atoms with E-state index in [0.29, 0.717) is 38.8 Å². The lowest BCUT2D eigenvalue weighted by atomic mass is 9.80.